The second kappa shape index (κ2) is 7.14. The quantitative estimate of drug-likeness (QED) is 0.739. The number of halogens is 1. The van der Waals surface area contributed by atoms with Crippen molar-refractivity contribution in [3.63, 3.8) is 0 Å². The Morgan fingerprint density at radius 1 is 1.21 bits per heavy atom. The number of aromatic nitrogens is 2. The first-order valence-electron chi connectivity index (χ1n) is 7.28. The summed E-state index contributed by atoms with van der Waals surface area (Å²) in [5.41, 5.74) is 2.09. The molecule has 0 bridgehead atoms. The first kappa shape index (κ1) is 16.0. The van der Waals surface area contributed by atoms with Crippen molar-refractivity contribution in [3.05, 3.63) is 70.9 Å². The number of hydrogen-bond donors (Lipinski definition) is 2. The molecule has 0 atom stereocenters. The van der Waals surface area contributed by atoms with Gasteiger partial charge in [0.25, 0.3) is 5.91 Å². The van der Waals surface area contributed by atoms with Crippen LogP contribution in [0.4, 0.5) is 11.6 Å². The van der Waals surface area contributed by atoms with E-state index in [2.05, 4.69) is 20.6 Å². The van der Waals surface area contributed by atoms with Gasteiger partial charge in [0, 0.05) is 23.1 Å². The smallest absolute Gasteiger partial charge is 0.254 e. The van der Waals surface area contributed by atoms with Crippen molar-refractivity contribution in [1.82, 2.24) is 15.3 Å². The van der Waals surface area contributed by atoms with Crippen LogP contribution in [0.5, 0.6) is 0 Å². The van der Waals surface area contributed by atoms with E-state index < -0.39 is 0 Å². The number of nitrogens with zero attached hydrogens (tertiary/aromatic N) is 2. The second-order valence-corrected chi connectivity index (χ2v) is 5.50. The molecule has 1 aromatic carbocycles. The molecule has 0 aliphatic heterocycles. The Balaban J connectivity index is 1.64. The maximum Gasteiger partial charge on any atom is 0.254 e. The number of nitrogens with one attached hydrogen (secondary N) is 2. The third kappa shape index (κ3) is 3.72. The Labute approximate surface area is 143 Å². The Morgan fingerprint density at radius 3 is 2.71 bits per heavy atom. The molecule has 3 aromatic rings. The van der Waals surface area contributed by atoms with Crippen LogP contribution < -0.4 is 10.6 Å². The lowest BCUT2D eigenvalue weighted by atomic mass is 10.2. The molecule has 2 N–H and O–H groups in total. The van der Waals surface area contributed by atoms with E-state index in [4.69, 9.17) is 16.0 Å². The van der Waals surface area contributed by atoms with Gasteiger partial charge in [0.2, 0.25) is 5.95 Å². The number of amides is 1. The molecule has 2 aromatic heterocycles. The number of carbonyl (C=O) groups excluding carboxylic acids is 1. The van der Waals surface area contributed by atoms with Crippen LogP contribution in [0.25, 0.3) is 0 Å². The van der Waals surface area contributed by atoms with Crippen LogP contribution in [-0.2, 0) is 6.54 Å². The van der Waals surface area contributed by atoms with Gasteiger partial charge in [0.1, 0.15) is 5.76 Å². The van der Waals surface area contributed by atoms with Crippen molar-refractivity contribution in [2.75, 3.05) is 5.32 Å². The summed E-state index contributed by atoms with van der Waals surface area (Å²) in [5, 5.41) is 6.48. The number of furan rings is 1. The van der Waals surface area contributed by atoms with Gasteiger partial charge in [-0.2, -0.15) is 0 Å². The molecule has 0 unspecified atom stereocenters. The fourth-order valence-electron chi connectivity index (χ4n) is 2.06. The minimum absolute atomic E-state index is 0.267. The average Bonchev–Trinajstić information content (AvgIpc) is 3.11. The highest BCUT2D eigenvalue weighted by Gasteiger charge is 2.09. The Kier molecular flexibility index (Phi) is 4.77. The molecule has 0 radical (unpaired) electrons. The topological polar surface area (TPSA) is 80.0 Å². The van der Waals surface area contributed by atoms with Crippen LogP contribution in [0, 0.1) is 6.92 Å². The van der Waals surface area contributed by atoms with E-state index in [1.54, 1.807) is 18.4 Å². The van der Waals surface area contributed by atoms with Gasteiger partial charge in [-0.3, -0.25) is 4.79 Å². The molecule has 3 rings (SSSR count). The SMILES string of the molecule is Cc1c(Cl)cccc1Nc1ncc(C(=O)NCc2ccco2)cn1. The first-order valence-corrected chi connectivity index (χ1v) is 7.66. The Hall–Kier alpha value is -2.86. The predicted molar refractivity (Wildman–Crippen MR) is 91.4 cm³/mol. The summed E-state index contributed by atoms with van der Waals surface area (Å²) in [4.78, 5) is 20.4. The molecule has 2 heterocycles. The summed E-state index contributed by atoms with van der Waals surface area (Å²) in [6.45, 7) is 2.22. The standard InChI is InChI=1S/C17H15ClN4O2/c1-11-14(18)5-2-6-15(11)22-17-20-8-12(9-21-17)16(23)19-10-13-4-3-7-24-13/h2-9H,10H2,1H3,(H,19,23)(H,20,21,22). The fourth-order valence-corrected chi connectivity index (χ4v) is 2.23. The highest BCUT2D eigenvalue weighted by molar-refractivity contribution is 6.31. The maximum absolute atomic E-state index is 12.0. The van der Waals surface area contributed by atoms with Crippen molar-refractivity contribution in [3.8, 4) is 0 Å². The molecule has 0 spiro atoms. The van der Waals surface area contributed by atoms with E-state index in [0.717, 1.165) is 11.3 Å². The van der Waals surface area contributed by atoms with Gasteiger partial charge < -0.3 is 15.1 Å². The molecule has 0 aliphatic rings. The summed E-state index contributed by atoms with van der Waals surface area (Å²) in [6.07, 6.45) is 4.49. The summed E-state index contributed by atoms with van der Waals surface area (Å²) in [5.74, 6) is 0.804. The summed E-state index contributed by atoms with van der Waals surface area (Å²) < 4.78 is 5.16. The highest BCUT2D eigenvalue weighted by atomic mass is 35.5. The molecule has 0 saturated carbocycles. The molecule has 0 aliphatic carbocycles. The van der Waals surface area contributed by atoms with Gasteiger partial charge in [-0.25, -0.2) is 9.97 Å². The van der Waals surface area contributed by atoms with Gasteiger partial charge in [-0.15, -0.1) is 0 Å². The molecule has 0 fully saturated rings. The monoisotopic (exact) mass is 342 g/mol. The summed E-state index contributed by atoms with van der Waals surface area (Å²) in [6, 6.07) is 9.10. The van der Waals surface area contributed by atoms with Crippen molar-refractivity contribution in [1.29, 1.82) is 0 Å². The Bertz CT molecular complexity index is 832. The number of benzene rings is 1. The number of hydrogen-bond acceptors (Lipinski definition) is 5. The third-order valence-corrected chi connectivity index (χ3v) is 3.84. The fraction of sp³-hybridized carbons (Fsp3) is 0.118. The largest absolute Gasteiger partial charge is 0.467 e. The summed E-state index contributed by atoms with van der Waals surface area (Å²) in [7, 11) is 0. The Morgan fingerprint density at radius 2 is 2.00 bits per heavy atom. The van der Waals surface area contributed by atoms with Gasteiger partial charge in [0.15, 0.2) is 0 Å². The van der Waals surface area contributed by atoms with E-state index >= 15 is 0 Å². The minimum Gasteiger partial charge on any atom is -0.467 e. The van der Waals surface area contributed by atoms with E-state index in [9.17, 15) is 4.79 Å². The third-order valence-electron chi connectivity index (χ3n) is 3.43. The normalized spacial score (nSPS) is 10.4. The zero-order valence-electron chi connectivity index (χ0n) is 12.9. The van der Waals surface area contributed by atoms with Crippen LogP contribution in [-0.4, -0.2) is 15.9 Å². The number of rotatable bonds is 5. The lowest BCUT2D eigenvalue weighted by molar-refractivity contribution is 0.0947. The van der Waals surface area contributed by atoms with Crippen LogP contribution in [0.15, 0.2) is 53.4 Å². The van der Waals surface area contributed by atoms with Crippen LogP contribution in [0.3, 0.4) is 0 Å². The molecular formula is C17H15ClN4O2. The predicted octanol–water partition coefficient (Wildman–Crippen LogP) is 3.71. The van der Waals surface area contributed by atoms with Crippen molar-refractivity contribution in [2.45, 2.75) is 13.5 Å². The molecule has 24 heavy (non-hydrogen) atoms. The number of carbonyl (C=O) groups is 1. The molecular weight excluding hydrogens is 328 g/mol. The lowest BCUT2D eigenvalue weighted by Crippen LogP contribution is -2.23. The average molecular weight is 343 g/mol. The van der Waals surface area contributed by atoms with Gasteiger partial charge in [0.05, 0.1) is 18.4 Å². The minimum atomic E-state index is -0.267. The lowest BCUT2D eigenvalue weighted by Gasteiger charge is -2.09. The van der Waals surface area contributed by atoms with Crippen molar-refractivity contribution >= 4 is 29.1 Å². The molecule has 0 saturated heterocycles. The molecule has 7 heteroatoms. The molecule has 122 valence electrons. The molecule has 1 amide bonds. The molecule has 6 nitrogen and oxygen atoms in total. The zero-order chi connectivity index (χ0) is 16.9. The van der Waals surface area contributed by atoms with Crippen LogP contribution in [0.2, 0.25) is 5.02 Å². The highest BCUT2D eigenvalue weighted by Crippen LogP contribution is 2.24. The van der Waals surface area contributed by atoms with Crippen LogP contribution in [0.1, 0.15) is 21.7 Å². The number of anilines is 2. The van der Waals surface area contributed by atoms with Crippen molar-refractivity contribution < 1.29 is 9.21 Å². The van der Waals surface area contributed by atoms with Gasteiger partial charge >= 0.3 is 0 Å². The van der Waals surface area contributed by atoms with E-state index in [1.807, 2.05) is 25.1 Å². The second-order valence-electron chi connectivity index (χ2n) is 5.09. The maximum atomic E-state index is 12.0. The van der Waals surface area contributed by atoms with E-state index in [1.165, 1.54) is 12.4 Å². The van der Waals surface area contributed by atoms with Crippen LogP contribution >= 0.6 is 11.6 Å². The van der Waals surface area contributed by atoms with Gasteiger partial charge in [-0.1, -0.05) is 17.7 Å². The zero-order valence-corrected chi connectivity index (χ0v) is 13.7. The van der Waals surface area contributed by atoms with Gasteiger partial charge in [-0.05, 0) is 36.8 Å². The van der Waals surface area contributed by atoms with E-state index in [-0.39, 0.29) is 5.91 Å². The van der Waals surface area contributed by atoms with E-state index in [0.29, 0.717) is 28.8 Å². The first-order chi connectivity index (χ1) is 11.6. The summed E-state index contributed by atoms with van der Waals surface area (Å²) >= 11 is 6.08. The van der Waals surface area contributed by atoms with Crippen molar-refractivity contribution in [2.24, 2.45) is 0 Å².